The molecule has 0 aromatic heterocycles. The minimum Gasteiger partial charge on any atom is -0.488 e. The molecular weight excluding hydrogens is 378 g/mol. The minimum absolute atomic E-state index is 0.101. The van der Waals surface area contributed by atoms with Crippen LogP contribution < -0.4 is 9.46 Å². The number of rotatable bonds is 9. The normalized spacial score (nSPS) is 11.2. The number of carbonyl (C=O) groups is 1. The van der Waals surface area contributed by atoms with Gasteiger partial charge in [-0.05, 0) is 36.2 Å². The number of ether oxygens (including phenoxy) is 2. The molecule has 0 atom stereocenters. The van der Waals surface area contributed by atoms with E-state index in [0.29, 0.717) is 29.3 Å². The fraction of sp³-hybridized carbons (Fsp3) is 0.278. The van der Waals surface area contributed by atoms with Crippen LogP contribution in [0.4, 0.5) is 0 Å². The van der Waals surface area contributed by atoms with E-state index in [-0.39, 0.29) is 13.2 Å². The van der Waals surface area contributed by atoms with Gasteiger partial charge in [-0.3, -0.25) is 0 Å². The third-order valence-electron chi connectivity index (χ3n) is 3.38. The maximum absolute atomic E-state index is 12.0. The Kier molecular flexibility index (Phi) is 7.44. The number of benzene rings is 2. The quantitative estimate of drug-likeness (QED) is 0.519. The average Bonchev–Trinajstić information content (AvgIpc) is 2.59. The van der Waals surface area contributed by atoms with Crippen LogP contribution in [0.5, 0.6) is 5.75 Å². The molecule has 26 heavy (non-hydrogen) atoms. The number of para-hydroxylation sites is 1. The Balaban J connectivity index is 1.74. The SMILES string of the molecule is CS(=O)(=O)NCCc1ccc(C(=O)OCCOc2ccccc2Cl)cc1. The Morgan fingerprint density at radius 3 is 2.42 bits per heavy atom. The molecule has 0 aliphatic rings. The van der Waals surface area contributed by atoms with Crippen LogP contribution in [0.3, 0.4) is 0 Å². The van der Waals surface area contributed by atoms with Crippen LogP contribution in [0.2, 0.25) is 5.02 Å². The first kappa shape index (κ1) is 20.2. The van der Waals surface area contributed by atoms with Crippen LogP contribution in [0.25, 0.3) is 0 Å². The number of hydrogen-bond donors (Lipinski definition) is 1. The zero-order valence-electron chi connectivity index (χ0n) is 14.3. The molecule has 2 aromatic rings. The van der Waals surface area contributed by atoms with Crippen LogP contribution in [-0.2, 0) is 21.2 Å². The van der Waals surface area contributed by atoms with E-state index in [2.05, 4.69) is 4.72 Å². The average molecular weight is 398 g/mol. The third-order valence-corrected chi connectivity index (χ3v) is 4.42. The number of nitrogens with one attached hydrogen (secondary N) is 1. The molecule has 6 nitrogen and oxygen atoms in total. The third kappa shape index (κ3) is 7.03. The first-order valence-electron chi connectivity index (χ1n) is 7.93. The van der Waals surface area contributed by atoms with E-state index < -0.39 is 16.0 Å². The molecular formula is C18H20ClNO5S. The van der Waals surface area contributed by atoms with Crippen LogP contribution in [0, 0.1) is 0 Å². The lowest BCUT2D eigenvalue weighted by Crippen LogP contribution is -2.24. The Morgan fingerprint density at radius 2 is 1.77 bits per heavy atom. The van der Waals surface area contributed by atoms with E-state index in [0.717, 1.165) is 11.8 Å². The summed E-state index contributed by atoms with van der Waals surface area (Å²) >= 11 is 5.97. The molecule has 0 spiro atoms. The van der Waals surface area contributed by atoms with Crippen molar-refractivity contribution < 1.29 is 22.7 Å². The van der Waals surface area contributed by atoms with Gasteiger partial charge in [0.25, 0.3) is 0 Å². The molecule has 1 N–H and O–H groups in total. The van der Waals surface area contributed by atoms with Gasteiger partial charge in [0.1, 0.15) is 19.0 Å². The van der Waals surface area contributed by atoms with Crippen molar-refractivity contribution in [1.29, 1.82) is 0 Å². The molecule has 0 aliphatic heterocycles. The fourth-order valence-corrected chi connectivity index (χ4v) is 2.78. The summed E-state index contributed by atoms with van der Waals surface area (Å²) in [4.78, 5) is 12.0. The monoisotopic (exact) mass is 397 g/mol. The second-order valence-corrected chi connectivity index (χ2v) is 7.77. The Morgan fingerprint density at radius 1 is 1.08 bits per heavy atom. The van der Waals surface area contributed by atoms with Gasteiger partial charge in [-0.15, -0.1) is 0 Å². The molecule has 140 valence electrons. The molecule has 0 unspecified atom stereocenters. The van der Waals surface area contributed by atoms with E-state index in [9.17, 15) is 13.2 Å². The molecule has 0 amide bonds. The van der Waals surface area contributed by atoms with E-state index in [4.69, 9.17) is 21.1 Å². The zero-order valence-corrected chi connectivity index (χ0v) is 15.8. The Bertz CT molecular complexity index is 837. The van der Waals surface area contributed by atoms with Crippen molar-refractivity contribution in [1.82, 2.24) is 4.72 Å². The smallest absolute Gasteiger partial charge is 0.338 e. The van der Waals surface area contributed by atoms with Crippen molar-refractivity contribution in [3.8, 4) is 5.75 Å². The van der Waals surface area contributed by atoms with E-state index in [1.54, 1.807) is 48.5 Å². The number of esters is 1. The van der Waals surface area contributed by atoms with Gasteiger partial charge in [0, 0.05) is 6.54 Å². The van der Waals surface area contributed by atoms with Crippen molar-refractivity contribution >= 4 is 27.6 Å². The molecule has 0 fully saturated rings. The molecule has 2 rings (SSSR count). The van der Waals surface area contributed by atoms with Crippen molar-refractivity contribution in [3.05, 3.63) is 64.7 Å². The number of hydrogen-bond acceptors (Lipinski definition) is 5. The molecule has 0 saturated heterocycles. The summed E-state index contributed by atoms with van der Waals surface area (Å²) in [5.41, 5.74) is 1.34. The molecule has 2 aromatic carbocycles. The van der Waals surface area contributed by atoms with Gasteiger partial charge in [-0.1, -0.05) is 35.9 Å². The maximum Gasteiger partial charge on any atom is 0.338 e. The predicted molar refractivity (Wildman–Crippen MR) is 100 cm³/mol. The highest BCUT2D eigenvalue weighted by Crippen LogP contribution is 2.22. The maximum atomic E-state index is 12.0. The lowest BCUT2D eigenvalue weighted by atomic mass is 10.1. The summed E-state index contributed by atoms with van der Waals surface area (Å²) in [5, 5.41) is 0.500. The van der Waals surface area contributed by atoms with Crippen LogP contribution in [-0.4, -0.2) is 40.4 Å². The fourth-order valence-electron chi connectivity index (χ4n) is 2.12. The second kappa shape index (κ2) is 9.56. The topological polar surface area (TPSA) is 81.7 Å². The van der Waals surface area contributed by atoms with Crippen LogP contribution in [0.15, 0.2) is 48.5 Å². The van der Waals surface area contributed by atoms with Gasteiger partial charge >= 0.3 is 5.97 Å². The molecule has 8 heteroatoms. The molecule has 0 aliphatic carbocycles. The van der Waals surface area contributed by atoms with Gasteiger partial charge in [-0.2, -0.15) is 0 Å². The van der Waals surface area contributed by atoms with E-state index in [1.807, 2.05) is 0 Å². The van der Waals surface area contributed by atoms with Gasteiger partial charge in [0.2, 0.25) is 10.0 Å². The van der Waals surface area contributed by atoms with Crippen molar-refractivity contribution in [2.24, 2.45) is 0 Å². The van der Waals surface area contributed by atoms with Gasteiger partial charge in [0.05, 0.1) is 16.8 Å². The summed E-state index contributed by atoms with van der Waals surface area (Å²) in [7, 11) is -3.20. The lowest BCUT2D eigenvalue weighted by Gasteiger charge is -2.09. The Labute approximate surface area is 158 Å². The summed E-state index contributed by atoms with van der Waals surface area (Å²) in [6, 6.07) is 13.9. The molecule has 0 bridgehead atoms. The summed E-state index contributed by atoms with van der Waals surface area (Å²) in [6.07, 6.45) is 1.65. The number of halogens is 1. The first-order chi connectivity index (χ1) is 12.3. The summed E-state index contributed by atoms with van der Waals surface area (Å²) in [6.45, 7) is 0.608. The van der Waals surface area contributed by atoms with Crippen molar-refractivity contribution in [2.75, 3.05) is 26.0 Å². The summed E-state index contributed by atoms with van der Waals surface area (Å²) < 4.78 is 35.0. The van der Waals surface area contributed by atoms with Crippen LogP contribution >= 0.6 is 11.6 Å². The predicted octanol–water partition coefficient (Wildman–Crippen LogP) is 2.67. The van der Waals surface area contributed by atoms with E-state index >= 15 is 0 Å². The zero-order chi connectivity index (χ0) is 19.0. The first-order valence-corrected chi connectivity index (χ1v) is 10.2. The lowest BCUT2D eigenvalue weighted by molar-refractivity contribution is 0.0450. The Hall–Kier alpha value is -2.09. The molecule has 0 radical (unpaired) electrons. The van der Waals surface area contributed by atoms with Crippen molar-refractivity contribution in [3.63, 3.8) is 0 Å². The van der Waals surface area contributed by atoms with Gasteiger partial charge in [0.15, 0.2) is 0 Å². The summed E-state index contributed by atoms with van der Waals surface area (Å²) in [5.74, 6) is 0.0887. The second-order valence-electron chi connectivity index (χ2n) is 5.53. The van der Waals surface area contributed by atoms with Crippen LogP contribution in [0.1, 0.15) is 15.9 Å². The highest BCUT2D eigenvalue weighted by Gasteiger charge is 2.08. The molecule has 0 saturated carbocycles. The number of sulfonamides is 1. The van der Waals surface area contributed by atoms with E-state index in [1.165, 1.54) is 0 Å². The standard InChI is InChI=1S/C18H20ClNO5S/c1-26(22,23)20-11-10-14-6-8-15(9-7-14)18(21)25-13-12-24-17-5-3-2-4-16(17)19/h2-9,20H,10-13H2,1H3. The van der Waals surface area contributed by atoms with Gasteiger partial charge in [-0.25, -0.2) is 17.9 Å². The van der Waals surface area contributed by atoms with Crippen molar-refractivity contribution in [2.45, 2.75) is 6.42 Å². The molecule has 0 heterocycles. The van der Waals surface area contributed by atoms with Gasteiger partial charge < -0.3 is 9.47 Å². The number of carbonyl (C=O) groups excluding carboxylic acids is 1. The largest absolute Gasteiger partial charge is 0.488 e. The highest BCUT2D eigenvalue weighted by molar-refractivity contribution is 7.88. The minimum atomic E-state index is -3.20. The highest BCUT2D eigenvalue weighted by atomic mass is 35.5.